The van der Waals surface area contributed by atoms with E-state index in [1.54, 1.807) is 23.1 Å². The Morgan fingerprint density at radius 2 is 1.70 bits per heavy atom. The predicted octanol–water partition coefficient (Wildman–Crippen LogP) is 5.65. The summed E-state index contributed by atoms with van der Waals surface area (Å²) in [6.07, 6.45) is 1.83. The molecular formula is C19H14N2S2. The van der Waals surface area contributed by atoms with E-state index < -0.39 is 0 Å². The number of thiazole rings is 1. The molecule has 0 amide bonds. The molecule has 0 spiro atoms. The molecule has 0 aliphatic carbocycles. The molecule has 0 N–H and O–H groups in total. The molecule has 0 saturated heterocycles. The summed E-state index contributed by atoms with van der Waals surface area (Å²) in [6, 6.07) is 22.9. The quantitative estimate of drug-likeness (QED) is 0.451. The lowest BCUT2D eigenvalue weighted by Crippen LogP contribution is -1.83. The van der Waals surface area contributed by atoms with E-state index in [4.69, 9.17) is 4.98 Å². The molecule has 0 atom stereocenters. The number of para-hydroxylation sites is 1. The van der Waals surface area contributed by atoms with E-state index in [-0.39, 0.29) is 0 Å². The molecule has 0 unspecified atom stereocenters. The highest BCUT2D eigenvalue weighted by molar-refractivity contribution is 7.98. The largest absolute Gasteiger partial charge is 0.250 e. The highest BCUT2D eigenvalue weighted by atomic mass is 32.2. The average Bonchev–Trinajstić information content (AvgIpc) is 3.05. The van der Waals surface area contributed by atoms with Crippen LogP contribution < -0.4 is 0 Å². The third-order valence-electron chi connectivity index (χ3n) is 3.52. The highest BCUT2D eigenvalue weighted by Crippen LogP contribution is 2.30. The minimum absolute atomic E-state index is 0.928. The number of hydrogen-bond acceptors (Lipinski definition) is 4. The minimum atomic E-state index is 0.928. The molecule has 0 saturated carbocycles. The van der Waals surface area contributed by atoms with Crippen molar-refractivity contribution in [3.8, 4) is 10.6 Å². The summed E-state index contributed by atoms with van der Waals surface area (Å²) in [6.45, 7) is 0. The number of fused-ring (bicyclic) bond motifs is 1. The van der Waals surface area contributed by atoms with Crippen molar-refractivity contribution in [1.29, 1.82) is 0 Å². The van der Waals surface area contributed by atoms with E-state index in [0.29, 0.717) is 0 Å². The number of rotatable bonds is 4. The smallest absolute Gasteiger partial charge is 0.124 e. The Bertz CT molecular complexity index is 882. The second kappa shape index (κ2) is 6.52. The summed E-state index contributed by atoms with van der Waals surface area (Å²) >= 11 is 3.49. The van der Waals surface area contributed by atoms with E-state index >= 15 is 0 Å². The SMILES string of the molecule is c1ccc(SCc2ccc(-c3nc4ccccc4s3)cc2)nc1. The normalized spacial score (nSPS) is 11.0. The molecule has 4 aromatic rings. The predicted molar refractivity (Wildman–Crippen MR) is 98.9 cm³/mol. The molecule has 4 rings (SSSR count). The maximum absolute atomic E-state index is 4.71. The number of thioether (sulfide) groups is 1. The zero-order valence-electron chi connectivity index (χ0n) is 12.3. The van der Waals surface area contributed by atoms with Crippen molar-refractivity contribution in [2.45, 2.75) is 10.8 Å². The fraction of sp³-hybridized carbons (Fsp3) is 0.0526. The topological polar surface area (TPSA) is 25.8 Å². The first-order chi connectivity index (χ1) is 11.4. The van der Waals surface area contributed by atoms with Crippen LogP contribution in [-0.2, 0) is 5.75 Å². The fourth-order valence-corrected chi connectivity index (χ4v) is 4.12. The van der Waals surface area contributed by atoms with E-state index in [0.717, 1.165) is 21.3 Å². The molecule has 0 bridgehead atoms. The molecule has 0 aliphatic heterocycles. The average molecular weight is 334 g/mol. The van der Waals surface area contributed by atoms with Crippen LogP contribution >= 0.6 is 23.1 Å². The monoisotopic (exact) mass is 334 g/mol. The van der Waals surface area contributed by atoms with Gasteiger partial charge in [-0.3, -0.25) is 0 Å². The van der Waals surface area contributed by atoms with Crippen LogP contribution in [0.2, 0.25) is 0 Å². The van der Waals surface area contributed by atoms with E-state index in [1.807, 2.05) is 30.5 Å². The second-order valence-electron chi connectivity index (χ2n) is 5.14. The van der Waals surface area contributed by atoms with Crippen LogP contribution in [0, 0.1) is 0 Å². The Morgan fingerprint density at radius 3 is 2.48 bits per heavy atom. The molecule has 112 valence electrons. The van der Waals surface area contributed by atoms with E-state index in [1.165, 1.54) is 15.8 Å². The highest BCUT2D eigenvalue weighted by Gasteiger charge is 2.06. The van der Waals surface area contributed by atoms with E-state index in [9.17, 15) is 0 Å². The van der Waals surface area contributed by atoms with Gasteiger partial charge in [-0.15, -0.1) is 23.1 Å². The van der Waals surface area contributed by atoms with Gasteiger partial charge < -0.3 is 0 Å². The Morgan fingerprint density at radius 1 is 0.870 bits per heavy atom. The molecule has 2 nitrogen and oxygen atoms in total. The molecule has 0 aliphatic rings. The summed E-state index contributed by atoms with van der Waals surface area (Å²) in [7, 11) is 0. The fourth-order valence-electron chi connectivity index (χ4n) is 2.33. The van der Waals surface area contributed by atoms with Crippen LogP contribution in [0.3, 0.4) is 0 Å². The number of nitrogens with zero attached hydrogens (tertiary/aromatic N) is 2. The standard InChI is InChI=1S/C19H14N2S2/c1-2-6-17-16(5-1)21-19(23-17)15-10-8-14(9-11-15)13-22-18-7-3-4-12-20-18/h1-12H,13H2. The second-order valence-corrected chi connectivity index (χ2v) is 7.17. The van der Waals surface area contributed by atoms with Crippen LogP contribution in [-0.4, -0.2) is 9.97 Å². The van der Waals surface area contributed by atoms with Gasteiger partial charge in [0, 0.05) is 17.5 Å². The zero-order valence-corrected chi connectivity index (χ0v) is 14.0. The molecule has 23 heavy (non-hydrogen) atoms. The van der Waals surface area contributed by atoms with Gasteiger partial charge in [-0.2, -0.15) is 0 Å². The Kier molecular flexibility index (Phi) is 4.09. The van der Waals surface area contributed by atoms with Gasteiger partial charge >= 0.3 is 0 Å². The van der Waals surface area contributed by atoms with Crippen molar-refractivity contribution in [2.75, 3.05) is 0 Å². The van der Waals surface area contributed by atoms with Crippen molar-refractivity contribution >= 4 is 33.3 Å². The lowest BCUT2D eigenvalue weighted by atomic mass is 10.2. The molecule has 4 heteroatoms. The summed E-state index contributed by atoms with van der Waals surface area (Å²) in [5.74, 6) is 0.928. The summed E-state index contributed by atoms with van der Waals surface area (Å²) in [4.78, 5) is 9.05. The van der Waals surface area contributed by atoms with Crippen molar-refractivity contribution in [2.24, 2.45) is 0 Å². The Balaban J connectivity index is 1.51. The lowest BCUT2D eigenvalue weighted by Gasteiger charge is -2.02. The van der Waals surface area contributed by atoms with Crippen molar-refractivity contribution in [3.63, 3.8) is 0 Å². The van der Waals surface area contributed by atoms with Crippen LogP contribution in [0.1, 0.15) is 5.56 Å². The summed E-state index contributed by atoms with van der Waals surface area (Å²) in [5, 5.41) is 2.14. The van der Waals surface area contributed by atoms with Crippen LogP contribution in [0.15, 0.2) is 78.0 Å². The number of aromatic nitrogens is 2. The third kappa shape index (κ3) is 3.28. The number of hydrogen-bond donors (Lipinski definition) is 0. The van der Waals surface area contributed by atoms with Crippen molar-refractivity contribution < 1.29 is 0 Å². The van der Waals surface area contributed by atoms with E-state index in [2.05, 4.69) is 47.4 Å². The maximum atomic E-state index is 4.71. The first kappa shape index (κ1) is 14.4. The molecule has 2 heterocycles. The van der Waals surface area contributed by atoms with Crippen molar-refractivity contribution in [3.05, 3.63) is 78.5 Å². The van der Waals surface area contributed by atoms with Crippen molar-refractivity contribution in [1.82, 2.24) is 9.97 Å². The third-order valence-corrected chi connectivity index (χ3v) is 5.62. The molecular weight excluding hydrogens is 320 g/mol. The molecule has 2 aromatic heterocycles. The van der Waals surface area contributed by atoms with Gasteiger partial charge in [-0.1, -0.05) is 42.5 Å². The van der Waals surface area contributed by atoms with Gasteiger partial charge in [0.2, 0.25) is 0 Å². The van der Waals surface area contributed by atoms with Crippen LogP contribution in [0.4, 0.5) is 0 Å². The summed E-state index contributed by atoms with van der Waals surface area (Å²) < 4.78 is 1.23. The maximum Gasteiger partial charge on any atom is 0.124 e. The Labute approximate surface area is 143 Å². The van der Waals surface area contributed by atoms with Gasteiger partial charge in [0.1, 0.15) is 5.01 Å². The molecule has 2 aromatic carbocycles. The number of benzene rings is 2. The van der Waals surface area contributed by atoms with Gasteiger partial charge in [0.05, 0.1) is 15.2 Å². The van der Waals surface area contributed by atoms with Gasteiger partial charge in [-0.05, 0) is 29.8 Å². The zero-order chi connectivity index (χ0) is 15.5. The molecule has 0 radical (unpaired) electrons. The lowest BCUT2D eigenvalue weighted by molar-refractivity contribution is 1.13. The van der Waals surface area contributed by atoms with Gasteiger partial charge in [0.25, 0.3) is 0 Å². The summed E-state index contributed by atoms with van der Waals surface area (Å²) in [5.41, 5.74) is 3.55. The van der Waals surface area contributed by atoms with Gasteiger partial charge in [0.15, 0.2) is 0 Å². The van der Waals surface area contributed by atoms with Crippen LogP contribution in [0.5, 0.6) is 0 Å². The first-order valence-electron chi connectivity index (χ1n) is 7.37. The number of pyridine rings is 1. The Hall–Kier alpha value is -2.17. The van der Waals surface area contributed by atoms with Gasteiger partial charge in [-0.25, -0.2) is 9.97 Å². The first-order valence-corrected chi connectivity index (χ1v) is 9.17. The minimum Gasteiger partial charge on any atom is -0.250 e. The van der Waals surface area contributed by atoms with Crippen LogP contribution in [0.25, 0.3) is 20.8 Å². The molecule has 0 fully saturated rings.